The number of pyridine rings is 1. The number of carbonyl (C=O) groups is 2. The molecule has 3 aromatic rings. The maximum atomic E-state index is 13.4. The summed E-state index contributed by atoms with van der Waals surface area (Å²) >= 11 is 3.45. The number of aromatic nitrogens is 1. The Kier molecular flexibility index (Phi) is 7.67. The van der Waals surface area contributed by atoms with Crippen molar-refractivity contribution in [3.8, 4) is 11.5 Å². The Hall–Kier alpha value is -2.73. The normalized spacial score (nSPS) is 16.1. The third-order valence-electron chi connectivity index (χ3n) is 6.45. The molecule has 0 amide bonds. The van der Waals surface area contributed by atoms with Crippen LogP contribution in [0.3, 0.4) is 0 Å². The summed E-state index contributed by atoms with van der Waals surface area (Å²) < 4.78 is 12.6. The van der Waals surface area contributed by atoms with E-state index in [4.69, 9.17) is 14.5 Å². The van der Waals surface area contributed by atoms with Gasteiger partial charge < -0.3 is 9.47 Å². The highest BCUT2D eigenvalue weighted by Crippen LogP contribution is 2.42. The molecule has 0 radical (unpaired) electrons. The van der Waals surface area contributed by atoms with E-state index < -0.39 is 5.92 Å². The van der Waals surface area contributed by atoms with Gasteiger partial charge in [0.2, 0.25) is 0 Å². The van der Waals surface area contributed by atoms with Gasteiger partial charge in [0.25, 0.3) is 0 Å². The molecule has 2 aromatic carbocycles. The maximum Gasteiger partial charge on any atom is 0.184 e. The summed E-state index contributed by atoms with van der Waals surface area (Å²) in [6.07, 6.45) is 4.55. The molecule has 0 saturated carbocycles. The molecule has 0 spiro atoms. The van der Waals surface area contributed by atoms with Gasteiger partial charge in [-0.15, -0.1) is 0 Å². The minimum atomic E-state index is -0.978. The number of benzene rings is 2. The molecule has 1 aliphatic rings. The van der Waals surface area contributed by atoms with Gasteiger partial charge in [0.1, 0.15) is 22.9 Å². The van der Waals surface area contributed by atoms with Gasteiger partial charge in [0.15, 0.2) is 11.6 Å². The van der Waals surface area contributed by atoms with Crippen molar-refractivity contribution in [3.05, 3.63) is 63.8 Å². The van der Waals surface area contributed by atoms with Crippen LogP contribution in [0.4, 0.5) is 0 Å². The number of rotatable bonds is 10. The Morgan fingerprint density at radius 1 is 1.00 bits per heavy atom. The van der Waals surface area contributed by atoms with Crippen LogP contribution in [0.2, 0.25) is 0 Å². The average molecular weight is 524 g/mol. The second-order valence-corrected chi connectivity index (χ2v) is 9.54. The van der Waals surface area contributed by atoms with Gasteiger partial charge in [-0.05, 0) is 59.5 Å². The molecule has 5 nitrogen and oxygen atoms in total. The predicted molar refractivity (Wildman–Crippen MR) is 137 cm³/mol. The van der Waals surface area contributed by atoms with Crippen LogP contribution in [0.5, 0.6) is 11.5 Å². The Morgan fingerprint density at radius 3 is 2.56 bits per heavy atom. The smallest absolute Gasteiger partial charge is 0.184 e. The molecule has 0 fully saturated rings. The molecule has 0 bridgehead atoms. The fourth-order valence-corrected chi connectivity index (χ4v) is 4.94. The van der Waals surface area contributed by atoms with Gasteiger partial charge in [-0.25, -0.2) is 4.98 Å². The molecule has 34 heavy (non-hydrogen) atoms. The fourth-order valence-electron chi connectivity index (χ4n) is 4.50. The van der Waals surface area contributed by atoms with E-state index in [0.717, 1.165) is 18.2 Å². The largest absolute Gasteiger partial charge is 0.492 e. The molecule has 6 heteroatoms. The molecule has 178 valence electrons. The number of ketones is 2. The molecule has 1 aromatic heterocycles. The SMILES string of the molecule is CCCCC(CC)COc1cccc2ccc(C3C(=O)c4ccc(Br)c(OCC)c4C3=O)nc12. The molecule has 4 rings (SSSR count). The first kappa shape index (κ1) is 24.4. The van der Waals surface area contributed by atoms with Crippen molar-refractivity contribution in [2.75, 3.05) is 13.2 Å². The van der Waals surface area contributed by atoms with Crippen LogP contribution in [0.25, 0.3) is 10.9 Å². The second-order valence-electron chi connectivity index (χ2n) is 8.69. The van der Waals surface area contributed by atoms with Crippen molar-refractivity contribution in [3.63, 3.8) is 0 Å². The number of fused-ring (bicyclic) bond motifs is 2. The molecular formula is C28H30BrNO4. The Balaban J connectivity index is 1.68. The highest BCUT2D eigenvalue weighted by Gasteiger charge is 2.43. The zero-order chi connectivity index (χ0) is 24.2. The zero-order valence-corrected chi connectivity index (χ0v) is 21.5. The van der Waals surface area contributed by atoms with Gasteiger partial charge in [-0.2, -0.15) is 0 Å². The monoisotopic (exact) mass is 523 g/mol. The van der Waals surface area contributed by atoms with Crippen molar-refractivity contribution < 1.29 is 19.1 Å². The van der Waals surface area contributed by atoms with Gasteiger partial charge in [-0.3, -0.25) is 9.59 Å². The van der Waals surface area contributed by atoms with Crippen molar-refractivity contribution >= 4 is 38.4 Å². The molecule has 1 aliphatic carbocycles. The first-order chi connectivity index (χ1) is 16.5. The number of hydrogen-bond acceptors (Lipinski definition) is 5. The van der Waals surface area contributed by atoms with Gasteiger partial charge in [0, 0.05) is 10.9 Å². The Morgan fingerprint density at radius 2 is 1.82 bits per heavy atom. The van der Waals surface area contributed by atoms with E-state index in [1.54, 1.807) is 18.2 Å². The summed E-state index contributed by atoms with van der Waals surface area (Å²) in [7, 11) is 0. The summed E-state index contributed by atoms with van der Waals surface area (Å²) in [6.45, 7) is 7.26. The van der Waals surface area contributed by atoms with Crippen molar-refractivity contribution in [1.29, 1.82) is 0 Å². The lowest BCUT2D eigenvalue weighted by Gasteiger charge is -2.17. The van der Waals surface area contributed by atoms with Crippen LogP contribution in [0, 0.1) is 5.92 Å². The number of ether oxygens (including phenoxy) is 2. The highest BCUT2D eigenvalue weighted by molar-refractivity contribution is 9.10. The number of carbonyl (C=O) groups excluding carboxylic acids is 2. The number of hydrogen-bond donors (Lipinski definition) is 0. The minimum absolute atomic E-state index is 0.246. The topological polar surface area (TPSA) is 65.5 Å². The summed E-state index contributed by atoms with van der Waals surface area (Å²) in [4.78, 5) is 31.5. The van der Waals surface area contributed by atoms with Gasteiger partial charge in [0.05, 0.1) is 28.9 Å². The number of nitrogens with zero attached hydrogens (tertiary/aromatic N) is 1. The lowest BCUT2D eigenvalue weighted by molar-refractivity contribution is 0.0887. The van der Waals surface area contributed by atoms with Crippen molar-refractivity contribution in [2.45, 2.75) is 52.4 Å². The third kappa shape index (κ3) is 4.61. The van der Waals surface area contributed by atoms with Crippen molar-refractivity contribution in [1.82, 2.24) is 4.98 Å². The first-order valence-corrected chi connectivity index (χ1v) is 12.9. The Bertz CT molecular complexity index is 1220. The third-order valence-corrected chi connectivity index (χ3v) is 7.08. The Labute approximate surface area is 209 Å². The number of unbranched alkanes of at least 4 members (excludes halogenated alkanes) is 1. The van der Waals surface area contributed by atoms with E-state index in [1.807, 2.05) is 31.2 Å². The summed E-state index contributed by atoms with van der Waals surface area (Å²) in [6, 6.07) is 12.9. The van der Waals surface area contributed by atoms with E-state index in [9.17, 15) is 9.59 Å². The molecule has 0 saturated heterocycles. The number of Topliss-reactive ketones (excluding diaryl/α,β-unsaturated/α-hetero) is 2. The van der Waals surface area contributed by atoms with E-state index in [-0.39, 0.29) is 11.6 Å². The highest BCUT2D eigenvalue weighted by atomic mass is 79.9. The van der Waals surface area contributed by atoms with E-state index in [2.05, 4.69) is 29.8 Å². The van der Waals surface area contributed by atoms with Crippen LogP contribution in [0.1, 0.15) is 78.8 Å². The van der Waals surface area contributed by atoms with Gasteiger partial charge >= 0.3 is 0 Å². The molecule has 0 N–H and O–H groups in total. The summed E-state index contributed by atoms with van der Waals surface area (Å²) in [5.74, 6) is 0.0888. The molecule has 0 aliphatic heterocycles. The second kappa shape index (κ2) is 10.7. The van der Waals surface area contributed by atoms with E-state index >= 15 is 0 Å². The quantitative estimate of drug-likeness (QED) is 0.264. The standard InChI is InChI=1S/C28H30BrNO4/c1-4-7-9-17(5-2)16-34-22-11-8-10-18-12-15-21(30-25(18)22)24-26(31)19-13-14-20(29)28(33-6-3)23(19)27(24)32/h8,10-15,17,24H,4-7,9,16H2,1-3H3. The average Bonchev–Trinajstić information content (AvgIpc) is 3.10. The predicted octanol–water partition coefficient (Wildman–Crippen LogP) is 7.15. The molecule has 2 atom stereocenters. The van der Waals surface area contributed by atoms with E-state index in [1.165, 1.54) is 12.8 Å². The summed E-state index contributed by atoms with van der Waals surface area (Å²) in [5, 5.41) is 0.913. The van der Waals surface area contributed by atoms with Crippen LogP contribution in [-0.2, 0) is 0 Å². The molecule has 1 heterocycles. The maximum absolute atomic E-state index is 13.4. The fraction of sp³-hybridized carbons (Fsp3) is 0.393. The lowest BCUT2D eigenvalue weighted by Crippen LogP contribution is -2.15. The molecule has 2 unspecified atom stereocenters. The van der Waals surface area contributed by atoms with Crippen LogP contribution >= 0.6 is 15.9 Å². The first-order valence-electron chi connectivity index (χ1n) is 12.1. The minimum Gasteiger partial charge on any atom is -0.492 e. The van der Waals surface area contributed by atoms with Crippen LogP contribution in [-0.4, -0.2) is 29.8 Å². The van der Waals surface area contributed by atoms with Crippen LogP contribution in [0.15, 0.2) is 46.9 Å². The van der Waals surface area contributed by atoms with Crippen molar-refractivity contribution in [2.24, 2.45) is 5.92 Å². The molecular weight excluding hydrogens is 494 g/mol. The van der Waals surface area contributed by atoms with E-state index in [0.29, 0.717) is 57.4 Å². The lowest BCUT2D eigenvalue weighted by atomic mass is 9.98. The van der Waals surface area contributed by atoms with Crippen LogP contribution < -0.4 is 9.47 Å². The summed E-state index contributed by atoms with van der Waals surface area (Å²) in [5.41, 5.74) is 1.83. The zero-order valence-electron chi connectivity index (χ0n) is 19.9. The van der Waals surface area contributed by atoms with Gasteiger partial charge in [-0.1, -0.05) is 51.3 Å². The number of para-hydroxylation sites is 1. The number of halogens is 1.